The van der Waals surface area contributed by atoms with Gasteiger partial charge in [-0.1, -0.05) is 12.1 Å². The molecule has 1 saturated heterocycles. The molecule has 0 radical (unpaired) electrons. The number of carbonyl (C=O) groups is 1. The quantitative estimate of drug-likeness (QED) is 0.755. The number of nitrogen functional groups attached to an aromatic ring is 1. The fraction of sp³-hybridized carbons (Fsp3) is 0.462. The lowest BCUT2D eigenvalue weighted by Crippen LogP contribution is -2.35. The normalized spacial score (nSPS) is 15.2. The molecule has 2 rings (SSSR count). The third-order valence-corrected chi connectivity index (χ3v) is 3.13. The van der Waals surface area contributed by atoms with Gasteiger partial charge in [-0.2, -0.15) is 0 Å². The summed E-state index contributed by atoms with van der Waals surface area (Å²) >= 11 is 0. The van der Waals surface area contributed by atoms with Crippen LogP contribution in [-0.4, -0.2) is 49.1 Å². The summed E-state index contributed by atoms with van der Waals surface area (Å²) in [6.45, 7) is 4.10. The highest BCUT2D eigenvalue weighted by atomic mass is 16.2. The van der Waals surface area contributed by atoms with Crippen molar-refractivity contribution in [3.05, 3.63) is 29.8 Å². The van der Waals surface area contributed by atoms with Crippen molar-refractivity contribution in [2.24, 2.45) is 0 Å². The van der Waals surface area contributed by atoms with Crippen LogP contribution in [0.4, 0.5) is 10.5 Å². The van der Waals surface area contributed by atoms with Gasteiger partial charge in [0.2, 0.25) is 0 Å². The highest BCUT2D eigenvalue weighted by Crippen LogP contribution is 2.07. The molecule has 0 bridgehead atoms. The van der Waals surface area contributed by atoms with Crippen LogP contribution >= 0.6 is 0 Å². The molecule has 0 aromatic heterocycles. The monoisotopic (exact) mass is 248 g/mol. The molecule has 1 aromatic rings. The van der Waals surface area contributed by atoms with E-state index in [0.717, 1.165) is 38.4 Å². The number of likely N-dealkylation sites (N-methyl/N-ethyl adjacent to an activating group) is 1. The fourth-order valence-corrected chi connectivity index (χ4v) is 2.03. The largest absolute Gasteiger partial charge is 0.399 e. The molecule has 18 heavy (non-hydrogen) atoms. The van der Waals surface area contributed by atoms with Gasteiger partial charge in [0.15, 0.2) is 0 Å². The standard InChI is InChI=1S/C13H20N4O/c1-16(8-9-17-7-6-15-13(17)18)10-11-2-4-12(14)5-3-11/h2-5H,6-10,14H2,1H3,(H,15,18). The van der Waals surface area contributed by atoms with E-state index in [9.17, 15) is 4.79 Å². The van der Waals surface area contributed by atoms with E-state index in [4.69, 9.17) is 5.73 Å². The van der Waals surface area contributed by atoms with Crippen LogP contribution in [0.1, 0.15) is 5.56 Å². The topological polar surface area (TPSA) is 61.6 Å². The predicted molar refractivity (Wildman–Crippen MR) is 72.2 cm³/mol. The molecule has 1 aliphatic rings. The summed E-state index contributed by atoms with van der Waals surface area (Å²) in [5.41, 5.74) is 7.67. The van der Waals surface area contributed by atoms with Gasteiger partial charge in [0, 0.05) is 38.4 Å². The Labute approximate surface area is 108 Å². The Balaban J connectivity index is 1.76. The molecule has 5 heteroatoms. The minimum absolute atomic E-state index is 0.0517. The van der Waals surface area contributed by atoms with E-state index in [1.807, 2.05) is 29.2 Å². The Morgan fingerprint density at radius 3 is 2.72 bits per heavy atom. The maximum atomic E-state index is 11.4. The number of hydrogen-bond acceptors (Lipinski definition) is 3. The van der Waals surface area contributed by atoms with Crippen LogP contribution in [0.2, 0.25) is 0 Å². The molecular formula is C13H20N4O. The first-order valence-electron chi connectivity index (χ1n) is 6.21. The average molecular weight is 248 g/mol. The van der Waals surface area contributed by atoms with Gasteiger partial charge in [-0.3, -0.25) is 0 Å². The minimum atomic E-state index is 0.0517. The van der Waals surface area contributed by atoms with Gasteiger partial charge in [-0.15, -0.1) is 0 Å². The zero-order valence-electron chi connectivity index (χ0n) is 10.7. The molecule has 98 valence electrons. The lowest BCUT2D eigenvalue weighted by Gasteiger charge is -2.20. The van der Waals surface area contributed by atoms with Crippen molar-refractivity contribution in [2.45, 2.75) is 6.54 Å². The first kappa shape index (κ1) is 12.7. The molecular weight excluding hydrogens is 228 g/mol. The summed E-state index contributed by atoms with van der Waals surface area (Å²) in [5, 5.41) is 2.80. The molecule has 1 heterocycles. The summed E-state index contributed by atoms with van der Waals surface area (Å²) in [4.78, 5) is 15.4. The Morgan fingerprint density at radius 2 is 2.11 bits per heavy atom. The predicted octanol–water partition coefficient (Wildman–Crippen LogP) is 0.726. The summed E-state index contributed by atoms with van der Waals surface area (Å²) < 4.78 is 0. The summed E-state index contributed by atoms with van der Waals surface area (Å²) in [6.07, 6.45) is 0. The van der Waals surface area contributed by atoms with E-state index in [-0.39, 0.29) is 6.03 Å². The molecule has 5 nitrogen and oxygen atoms in total. The first-order valence-corrected chi connectivity index (χ1v) is 6.21. The Kier molecular flexibility index (Phi) is 4.04. The van der Waals surface area contributed by atoms with Crippen molar-refractivity contribution < 1.29 is 4.79 Å². The number of benzene rings is 1. The summed E-state index contributed by atoms with van der Waals surface area (Å²) in [7, 11) is 2.06. The molecule has 0 spiro atoms. The SMILES string of the molecule is CN(CCN1CCNC1=O)Cc1ccc(N)cc1. The number of nitrogens with two attached hydrogens (primary N) is 1. The third-order valence-electron chi connectivity index (χ3n) is 3.13. The lowest BCUT2D eigenvalue weighted by atomic mass is 10.2. The number of nitrogens with one attached hydrogen (secondary N) is 1. The highest BCUT2D eigenvalue weighted by Gasteiger charge is 2.18. The molecule has 3 N–H and O–H groups in total. The molecule has 1 aromatic carbocycles. The van der Waals surface area contributed by atoms with Crippen LogP contribution in [0, 0.1) is 0 Å². The zero-order chi connectivity index (χ0) is 13.0. The van der Waals surface area contributed by atoms with Crippen LogP contribution in [0.5, 0.6) is 0 Å². The van der Waals surface area contributed by atoms with Gasteiger partial charge in [0.1, 0.15) is 0 Å². The van der Waals surface area contributed by atoms with Crippen molar-refractivity contribution >= 4 is 11.7 Å². The second-order valence-electron chi connectivity index (χ2n) is 4.70. The molecule has 2 amide bonds. The lowest BCUT2D eigenvalue weighted by molar-refractivity contribution is 0.207. The molecule has 1 aliphatic heterocycles. The van der Waals surface area contributed by atoms with Crippen molar-refractivity contribution in [1.82, 2.24) is 15.1 Å². The molecule has 0 atom stereocenters. The van der Waals surface area contributed by atoms with E-state index < -0.39 is 0 Å². The van der Waals surface area contributed by atoms with E-state index in [2.05, 4.69) is 17.3 Å². The number of carbonyl (C=O) groups excluding carboxylic acids is 1. The van der Waals surface area contributed by atoms with Crippen LogP contribution < -0.4 is 11.1 Å². The van der Waals surface area contributed by atoms with Crippen LogP contribution in [0.25, 0.3) is 0 Å². The maximum absolute atomic E-state index is 11.4. The Bertz CT molecular complexity index is 404. The number of rotatable bonds is 5. The summed E-state index contributed by atoms with van der Waals surface area (Å²) in [6, 6.07) is 7.95. The Hall–Kier alpha value is -1.75. The number of urea groups is 1. The fourth-order valence-electron chi connectivity index (χ4n) is 2.03. The number of hydrogen-bond donors (Lipinski definition) is 2. The summed E-state index contributed by atoms with van der Waals surface area (Å²) in [5.74, 6) is 0. The molecule has 0 unspecified atom stereocenters. The molecule has 0 aliphatic carbocycles. The van der Waals surface area contributed by atoms with Crippen molar-refractivity contribution in [3.8, 4) is 0 Å². The van der Waals surface area contributed by atoms with Gasteiger partial charge in [-0.05, 0) is 24.7 Å². The minimum Gasteiger partial charge on any atom is -0.399 e. The van der Waals surface area contributed by atoms with E-state index in [1.54, 1.807) is 0 Å². The number of amides is 2. The van der Waals surface area contributed by atoms with Crippen LogP contribution in [0.15, 0.2) is 24.3 Å². The van der Waals surface area contributed by atoms with E-state index in [1.165, 1.54) is 5.56 Å². The van der Waals surface area contributed by atoms with Gasteiger partial charge in [0.25, 0.3) is 0 Å². The Morgan fingerprint density at radius 1 is 1.39 bits per heavy atom. The van der Waals surface area contributed by atoms with Gasteiger partial charge in [0.05, 0.1) is 0 Å². The molecule has 1 fully saturated rings. The molecule has 0 saturated carbocycles. The second kappa shape index (κ2) is 5.73. The van der Waals surface area contributed by atoms with Gasteiger partial charge >= 0.3 is 6.03 Å². The van der Waals surface area contributed by atoms with Gasteiger partial charge in [-0.25, -0.2) is 4.79 Å². The highest BCUT2D eigenvalue weighted by molar-refractivity contribution is 5.76. The van der Waals surface area contributed by atoms with Crippen LogP contribution in [-0.2, 0) is 6.54 Å². The first-order chi connectivity index (χ1) is 8.65. The second-order valence-corrected chi connectivity index (χ2v) is 4.70. The zero-order valence-corrected chi connectivity index (χ0v) is 10.7. The average Bonchev–Trinajstić information content (AvgIpc) is 2.75. The third kappa shape index (κ3) is 3.37. The van der Waals surface area contributed by atoms with Crippen LogP contribution in [0.3, 0.4) is 0 Å². The van der Waals surface area contributed by atoms with E-state index in [0.29, 0.717) is 0 Å². The number of nitrogens with zero attached hydrogens (tertiary/aromatic N) is 2. The van der Waals surface area contributed by atoms with Crippen molar-refractivity contribution in [3.63, 3.8) is 0 Å². The van der Waals surface area contributed by atoms with Gasteiger partial charge < -0.3 is 20.9 Å². The number of anilines is 1. The maximum Gasteiger partial charge on any atom is 0.317 e. The van der Waals surface area contributed by atoms with E-state index >= 15 is 0 Å². The smallest absolute Gasteiger partial charge is 0.317 e. The van der Waals surface area contributed by atoms with Crippen molar-refractivity contribution in [2.75, 3.05) is 39.0 Å². The van der Waals surface area contributed by atoms with Crippen molar-refractivity contribution in [1.29, 1.82) is 0 Å².